The first-order valence-corrected chi connectivity index (χ1v) is 11.0. The predicted molar refractivity (Wildman–Crippen MR) is 133 cm³/mol. The van der Waals surface area contributed by atoms with Gasteiger partial charge < -0.3 is 9.52 Å². The number of furan rings is 1. The van der Waals surface area contributed by atoms with Crippen molar-refractivity contribution < 1.29 is 23.9 Å². The molecule has 8 heteroatoms. The molecule has 1 aliphatic rings. The Hall–Kier alpha value is -4.04. The third-order valence-corrected chi connectivity index (χ3v) is 5.87. The molecule has 0 spiro atoms. The van der Waals surface area contributed by atoms with Crippen LogP contribution in [0.5, 0.6) is 0 Å². The summed E-state index contributed by atoms with van der Waals surface area (Å²) in [4.78, 5) is 38.4. The lowest BCUT2D eigenvalue weighted by Gasteiger charge is -2.29. The van der Waals surface area contributed by atoms with Gasteiger partial charge in [0.1, 0.15) is 17.1 Å². The van der Waals surface area contributed by atoms with E-state index in [1.54, 1.807) is 30.3 Å². The molecule has 2 aromatic carbocycles. The molecular weight excluding hydrogens is 452 g/mol. The summed E-state index contributed by atoms with van der Waals surface area (Å²) in [5, 5.41) is 11.8. The van der Waals surface area contributed by atoms with Gasteiger partial charge in [-0.3, -0.25) is 19.8 Å². The molecule has 1 aromatic heterocycles. The van der Waals surface area contributed by atoms with Crippen LogP contribution in [0.1, 0.15) is 47.0 Å². The molecule has 2 N–H and O–H groups in total. The van der Waals surface area contributed by atoms with Crippen molar-refractivity contribution in [1.82, 2.24) is 5.32 Å². The van der Waals surface area contributed by atoms with Gasteiger partial charge in [0.25, 0.3) is 11.8 Å². The normalized spacial score (nSPS) is 15.2. The maximum atomic E-state index is 13.2. The van der Waals surface area contributed by atoms with E-state index in [1.807, 2.05) is 19.1 Å². The molecule has 2 amide bonds. The first-order chi connectivity index (χ1) is 16.2. The molecule has 1 fully saturated rings. The van der Waals surface area contributed by atoms with Crippen molar-refractivity contribution in [3.8, 4) is 11.3 Å². The van der Waals surface area contributed by atoms with Gasteiger partial charge in [0.15, 0.2) is 5.11 Å². The molecule has 1 aliphatic heterocycles. The van der Waals surface area contributed by atoms with Gasteiger partial charge >= 0.3 is 5.97 Å². The zero-order valence-electron chi connectivity index (χ0n) is 18.8. The predicted octanol–water partition coefficient (Wildman–Crippen LogP) is 4.91. The summed E-state index contributed by atoms with van der Waals surface area (Å²) in [5.41, 5.74) is 3.10. The molecule has 0 unspecified atom stereocenters. The molecule has 0 aliphatic carbocycles. The van der Waals surface area contributed by atoms with E-state index in [0.717, 1.165) is 11.1 Å². The molecule has 0 bridgehead atoms. The molecule has 3 aromatic rings. The van der Waals surface area contributed by atoms with Gasteiger partial charge in [0, 0.05) is 5.56 Å². The summed E-state index contributed by atoms with van der Waals surface area (Å²) in [6.45, 7) is 5.98. The number of benzene rings is 2. The minimum atomic E-state index is -1.04. The van der Waals surface area contributed by atoms with Crippen LogP contribution in [0.25, 0.3) is 17.4 Å². The molecule has 0 saturated carbocycles. The van der Waals surface area contributed by atoms with Crippen molar-refractivity contribution in [2.75, 3.05) is 4.90 Å². The number of rotatable bonds is 5. The molecule has 34 heavy (non-hydrogen) atoms. The Morgan fingerprint density at radius 3 is 2.44 bits per heavy atom. The van der Waals surface area contributed by atoms with Gasteiger partial charge in [0.2, 0.25) is 0 Å². The van der Waals surface area contributed by atoms with Gasteiger partial charge in [-0.15, -0.1) is 0 Å². The lowest BCUT2D eigenvalue weighted by atomic mass is 10.0. The number of carbonyl (C=O) groups excluding carboxylic acids is 2. The fourth-order valence-corrected chi connectivity index (χ4v) is 3.92. The third-order valence-electron chi connectivity index (χ3n) is 5.58. The number of thiocarbonyl (C=S) groups is 1. The van der Waals surface area contributed by atoms with E-state index in [2.05, 4.69) is 19.2 Å². The minimum Gasteiger partial charge on any atom is -0.478 e. The Kier molecular flexibility index (Phi) is 6.17. The number of aromatic carboxylic acids is 1. The number of hydrogen-bond donors (Lipinski definition) is 2. The maximum absolute atomic E-state index is 13.2. The number of carboxylic acids is 1. The Morgan fingerprint density at radius 2 is 1.79 bits per heavy atom. The van der Waals surface area contributed by atoms with Gasteiger partial charge in [0.05, 0.1) is 11.3 Å². The van der Waals surface area contributed by atoms with Crippen LogP contribution >= 0.6 is 12.2 Å². The monoisotopic (exact) mass is 474 g/mol. The van der Waals surface area contributed by atoms with Gasteiger partial charge in [-0.2, -0.15) is 0 Å². The highest BCUT2D eigenvalue weighted by Crippen LogP contribution is 2.29. The average Bonchev–Trinajstić information content (AvgIpc) is 3.25. The van der Waals surface area contributed by atoms with Crippen LogP contribution in [-0.2, 0) is 9.59 Å². The number of carbonyl (C=O) groups is 3. The number of aryl methyl sites for hydroxylation is 1. The summed E-state index contributed by atoms with van der Waals surface area (Å²) in [6.07, 6.45) is 1.36. The highest BCUT2D eigenvalue weighted by Gasteiger charge is 2.34. The molecule has 0 radical (unpaired) electrons. The average molecular weight is 475 g/mol. The van der Waals surface area contributed by atoms with Crippen LogP contribution < -0.4 is 10.2 Å². The Labute approximate surface area is 201 Å². The van der Waals surface area contributed by atoms with Crippen LogP contribution in [0.4, 0.5) is 5.69 Å². The fourth-order valence-electron chi connectivity index (χ4n) is 3.64. The number of carboxylic acid groups (broad SMARTS) is 1. The zero-order chi connectivity index (χ0) is 24.6. The van der Waals surface area contributed by atoms with Crippen LogP contribution in [0.2, 0.25) is 0 Å². The Bertz CT molecular complexity index is 1350. The second-order valence-corrected chi connectivity index (χ2v) is 8.63. The summed E-state index contributed by atoms with van der Waals surface area (Å²) in [5.74, 6) is -1.19. The van der Waals surface area contributed by atoms with Crippen LogP contribution in [0.15, 0.2) is 64.6 Å². The van der Waals surface area contributed by atoms with Gasteiger partial charge in [-0.1, -0.05) is 32.0 Å². The SMILES string of the molecule is Cc1ccc(C(=O)O)cc1-c1ccc(/C=C2\C(=O)NC(=S)N(c3ccc(C(C)C)cc3)C2=O)o1. The first-order valence-electron chi connectivity index (χ1n) is 10.6. The van der Waals surface area contributed by atoms with Gasteiger partial charge in [-0.05, 0) is 78.7 Å². The zero-order valence-corrected chi connectivity index (χ0v) is 19.6. The molecule has 4 rings (SSSR count). The third kappa shape index (κ3) is 4.40. The van der Waals surface area contributed by atoms with Crippen LogP contribution in [0.3, 0.4) is 0 Å². The van der Waals surface area contributed by atoms with Crippen molar-refractivity contribution in [1.29, 1.82) is 0 Å². The highest BCUT2D eigenvalue weighted by atomic mass is 32.1. The first kappa shape index (κ1) is 23.1. The van der Waals surface area contributed by atoms with E-state index in [1.165, 1.54) is 23.1 Å². The van der Waals surface area contributed by atoms with Crippen molar-refractivity contribution >= 4 is 46.9 Å². The van der Waals surface area contributed by atoms with Crippen LogP contribution in [-0.4, -0.2) is 28.0 Å². The summed E-state index contributed by atoms with van der Waals surface area (Å²) in [7, 11) is 0. The fraction of sp³-hybridized carbons (Fsp3) is 0.154. The molecular formula is C26H22N2O5S. The summed E-state index contributed by atoms with van der Waals surface area (Å²) < 4.78 is 5.84. The Morgan fingerprint density at radius 1 is 1.09 bits per heavy atom. The second-order valence-electron chi connectivity index (χ2n) is 8.24. The highest BCUT2D eigenvalue weighted by molar-refractivity contribution is 7.80. The van der Waals surface area contributed by atoms with E-state index in [0.29, 0.717) is 22.9 Å². The topological polar surface area (TPSA) is 99.8 Å². The number of nitrogens with one attached hydrogen (secondary N) is 1. The maximum Gasteiger partial charge on any atom is 0.335 e. The lowest BCUT2D eigenvalue weighted by molar-refractivity contribution is -0.122. The van der Waals surface area contributed by atoms with E-state index < -0.39 is 17.8 Å². The largest absolute Gasteiger partial charge is 0.478 e. The molecule has 7 nitrogen and oxygen atoms in total. The van der Waals surface area contributed by atoms with Crippen molar-refractivity contribution in [2.24, 2.45) is 0 Å². The Balaban J connectivity index is 1.67. The molecule has 0 atom stereocenters. The van der Waals surface area contributed by atoms with Crippen molar-refractivity contribution in [3.63, 3.8) is 0 Å². The van der Waals surface area contributed by atoms with E-state index in [4.69, 9.17) is 16.6 Å². The molecule has 1 saturated heterocycles. The van der Waals surface area contributed by atoms with Crippen molar-refractivity contribution in [3.05, 3.63) is 82.6 Å². The molecule has 172 valence electrons. The van der Waals surface area contributed by atoms with Gasteiger partial charge in [-0.25, -0.2) is 4.79 Å². The standard InChI is InChI=1S/C26H22N2O5S/c1-14(2)16-6-8-18(9-7-16)28-24(30)21(23(29)27-26(28)34)13-19-10-11-22(33-19)20-12-17(25(31)32)5-4-15(20)3/h4-14H,1-3H3,(H,31,32)(H,27,29,34)/b21-13+. The van der Waals surface area contributed by atoms with Crippen LogP contribution in [0, 0.1) is 6.92 Å². The molecule has 2 heterocycles. The van der Waals surface area contributed by atoms with E-state index in [-0.39, 0.29) is 22.0 Å². The smallest absolute Gasteiger partial charge is 0.335 e. The second kappa shape index (κ2) is 9.07. The number of amides is 2. The summed E-state index contributed by atoms with van der Waals surface area (Å²) >= 11 is 5.26. The number of nitrogens with zero attached hydrogens (tertiary/aromatic N) is 1. The van der Waals surface area contributed by atoms with E-state index in [9.17, 15) is 19.5 Å². The summed E-state index contributed by atoms with van der Waals surface area (Å²) in [6, 6.07) is 15.4. The van der Waals surface area contributed by atoms with Crippen molar-refractivity contribution in [2.45, 2.75) is 26.7 Å². The van der Waals surface area contributed by atoms with E-state index >= 15 is 0 Å². The lowest BCUT2D eigenvalue weighted by Crippen LogP contribution is -2.54. The number of hydrogen-bond acceptors (Lipinski definition) is 5. The quantitative estimate of drug-likeness (QED) is 0.310. The minimum absolute atomic E-state index is 0.00527. The number of anilines is 1.